The van der Waals surface area contributed by atoms with Gasteiger partial charge in [-0.05, 0) is 24.6 Å². The molecule has 0 saturated heterocycles. The molecule has 0 fully saturated rings. The van der Waals surface area contributed by atoms with Crippen LogP contribution >= 0.6 is 0 Å². The summed E-state index contributed by atoms with van der Waals surface area (Å²) in [6.07, 6.45) is 2.34. The van der Waals surface area contributed by atoms with E-state index in [-0.39, 0.29) is 11.8 Å². The fraction of sp³-hybridized carbons (Fsp3) is 0.318. The van der Waals surface area contributed by atoms with Gasteiger partial charge in [0.15, 0.2) is 15.8 Å². The minimum Gasteiger partial charge on any atom is -0.489 e. The highest BCUT2D eigenvalue weighted by molar-refractivity contribution is 7.91. The molecule has 0 aliphatic carbocycles. The first-order valence-electron chi connectivity index (χ1n) is 9.56. The first-order valence-corrected chi connectivity index (χ1v) is 11.2. The summed E-state index contributed by atoms with van der Waals surface area (Å²) < 4.78 is 31.0. The van der Waals surface area contributed by atoms with Crippen LogP contribution in [-0.4, -0.2) is 39.8 Å². The zero-order chi connectivity index (χ0) is 21.1. The lowest BCUT2D eigenvalue weighted by atomic mass is 10.2. The van der Waals surface area contributed by atoms with Crippen LogP contribution in [0.4, 0.5) is 0 Å². The lowest BCUT2D eigenvalue weighted by Gasteiger charge is -2.21. The molecular weight excluding hydrogens is 386 g/mol. The summed E-state index contributed by atoms with van der Waals surface area (Å²) in [6, 6.07) is 16.0. The Labute approximate surface area is 173 Å². The van der Waals surface area contributed by atoms with Gasteiger partial charge in [-0.25, -0.2) is 8.42 Å². The average molecular weight is 416 g/mol. The van der Waals surface area contributed by atoms with Gasteiger partial charge in [-0.15, -0.1) is 0 Å². The maximum Gasteiger partial charge on any atom is 0.191 e. The summed E-state index contributed by atoms with van der Waals surface area (Å²) in [5.74, 6) is 1.31. The highest BCUT2D eigenvalue weighted by atomic mass is 32.2. The predicted octanol–water partition coefficient (Wildman–Crippen LogP) is 3.17. The number of sulfone groups is 1. The molecule has 1 unspecified atom stereocenters. The molecule has 0 aliphatic heterocycles. The van der Waals surface area contributed by atoms with Crippen LogP contribution in [0.2, 0.25) is 0 Å². The van der Waals surface area contributed by atoms with Gasteiger partial charge in [0.1, 0.15) is 12.4 Å². The third-order valence-electron chi connectivity index (χ3n) is 4.36. The monoisotopic (exact) mass is 415 g/mol. The van der Waals surface area contributed by atoms with Crippen LogP contribution in [0.25, 0.3) is 0 Å². The van der Waals surface area contributed by atoms with Crippen LogP contribution in [-0.2, 0) is 16.4 Å². The van der Waals surface area contributed by atoms with E-state index < -0.39 is 9.84 Å². The topological polar surface area (TPSA) is 79.8 Å². The number of hydrogen-bond acceptors (Lipinski definition) is 4. The van der Waals surface area contributed by atoms with Crippen molar-refractivity contribution in [2.45, 2.75) is 30.8 Å². The van der Waals surface area contributed by atoms with E-state index >= 15 is 0 Å². The molecule has 1 atom stereocenters. The molecule has 156 valence electrons. The van der Waals surface area contributed by atoms with Crippen molar-refractivity contribution in [3.05, 3.63) is 72.8 Å². The predicted molar refractivity (Wildman–Crippen MR) is 118 cm³/mol. The van der Waals surface area contributed by atoms with Gasteiger partial charge < -0.3 is 15.4 Å². The molecule has 0 aliphatic rings. The number of guanidine groups is 1. The van der Waals surface area contributed by atoms with E-state index in [0.717, 1.165) is 11.3 Å². The number of nitrogens with one attached hydrogen (secondary N) is 2. The summed E-state index contributed by atoms with van der Waals surface area (Å²) in [4.78, 5) is 4.56. The van der Waals surface area contributed by atoms with Gasteiger partial charge in [0, 0.05) is 25.2 Å². The number of para-hydroxylation sites is 1. The first-order chi connectivity index (χ1) is 14.0. The van der Waals surface area contributed by atoms with E-state index in [9.17, 15) is 8.42 Å². The van der Waals surface area contributed by atoms with Gasteiger partial charge >= 0.3 is 0 Å². The van der Waals surface area contributed by atoms with Crippen molar-refractivity contribution in [2.75, 3.05) is 19.4 Å². The first kappa shape index (κ1) is 22.5. The Morgan fingerprint density at radius 3 is 2.52 bits per heavy atom. The van der Waals surface area contributed by atoms with Crippen LogP contribution in [0.3, 0.4) is 0 Å². The average Bonchev–Trinajstić information content (AvgIpc) is 2.75. The van der Waals surface area contributed by atoms with E-state index in [1.807, 2.05) is 31.2 Å². The van der Waals surface area contributed by atoms with E-state index in [1.165, 1.54) is 0 Å². The van der Waals surface area contributed by atoms with Crippen molar-refractivity contribution in [3.63, 3.8) is 0 Å². The fourth-order valence-electron chi connectivity index (χ4n) is 2.76. The van der Waals surface area contributed by atoms with Gasteiger partial charge in [-0.3, -0.25) is 4.99 Å². The molecule has 2 N–H and O–H groups in total. The second kappa shape index (κ2) is 11.3. The van der Waals surface area contributed by atoms with Crippen LogP contribution in [0.15, 0.2) is 77.1 Å². The zero-order valence-electron chi connectivity index (χ0n) is 17.0. The normalized spacial score (nSPS) is 12.8. The van der Waals surface area contributed by atoms with Crippen molar-refractivity contribution < 1.29 is 13.2 Å². The summed E-state index contributed by atoms with van der Waals surface area (Å²) in [7, 11) is -1.72. The minimum atomic E-state index is -3.38. The number of ether oxygens (including phenoxy) is 1. The number of nitrogens with zero attached hydrogens (tertiary/aromatic N) is 1. The fourth-order valence-corrected chi connectivity index (χ4v) is 4.37. The Hall–Kier alpha value is -2.80. The van der Waals surface area contributed by atoms with E-state index in [0.29, 0.717) is 30.4 Å². The van der Waals surface area contributed by atoms with E-state index in [2.05, 4.69) is 22.2 Å². The minimum absolute atomic E-state index is 0.00670. The Kier molecular flexibility index (Phi) is 8.73. The summed E-state index contributed by atoms with van der Waals surface area (Å²) in [5, 5.41) is 6.45. The number of rotatable bonds is 10. The Morgan fingerprint density at radius 1 is 1.17 bits per heavy atom. The molecule has 0 amide bonds. The quantitative estimate of drug-likeness (QED) is 0.354. The highest BCUT2D eigenvalue weighted by Gasteiger charge is 2.21. The molecule has 0 bridgehead atoms. The Bertz CT molecular complexity index is 912. The zero-order valence-corrected chi connectivity index (χ0v) is 17.8. The summed E-state index contributed by atoms with van der Waals surface area (Å²) >= 11 is 0. The van der Waals surface area contributed by atoms with Gasteiger partial charge in [-0.1, -0.05) is 56.0 Å². The molecule has 2 aromatic carbocycles. The largest absolute Gasteiger partial charge is 0.489 e. The molecule has 0 saturated carbocycles. The van der Waals surface area contributed by atoms with Gasteiger partial charge in [0.2, 0.25) is 0 Å². The molecule has 7 heteroatoms. The molecular formula is C22H29N3O3S. The van der Waals surface area contributed by atoms with Gasteiger partial charge in [0.05, 0.1) is 10.6 Å². The van der Waals surface area contributed by atoms with Crippen molar-refractivity contribution in [2.24, 2.45) is 4.99 Å². The second-order valence-corrected chi connectivity index (χ2v) is 8.51. The maximum atomic E-state index is 12.7. The van der Waals surface area contributed by atoms with Crippen molar-refractivity contribution >= 4 is 15.8 Å². The van der Waals surface area contributed by atoms with Crippen molar-refractivity contribution in [3.8, 4) is 5.75 Å². The van der Waals surface area contributed by atoms with Crippen molar-refractivity contribution in [1.29, 1.82) is 0 Å². The standard InChI is InChI=1S/C22H29N3O3S/c1-4-15-28-21-14-10-9-11-18(21)16-24-22(23-3)25-19(5-2)17-29(26,27)20-12-7-6-8-13-20/h4,6-14,19H,1,5,15-17H2,2-3H3,(H2,23,24,25). The SMILES string of the molecule is C=CCOc1ccccc1CNC(=NC)NC(CC)CS(=O)(=O)c1ccccc1. The molecule has 2 rings (SSSR count). The molecule has 0 heterocycles. The molecule has 0 spiro atoms. The van der Waals surface area contributed by atoms with Gasteiger partial charge in [0.25, 0.3) is 0 Å². The number of aliphatic imine (C=N–C) groups is 1. The summed E-state index contributed by atoms with van der Waals surface area (Å²) in [5.41, 5.74) is 0.974. The molecule has 0 radical (unpaired) electrons. The van der Waals surface area contributed by atoms with Crippen LogP contribution in [0, 0.1) is 0 Å². The van der Waals surface area contributed by atoms with Crippen LogP contribution in [0.5, 0.6) is 5.75 Å². The lowest BCUT2D eigenvalue weighted by Crippen LogP contribution is -2.45. The number of hydrogen-bond donors (Lipinski definition) is 2. The lowest BCUT2D eigenvalue weighted by molar-refractivity contribution is 0.358. The Morgan fingerprint density at radius 2 is 1.86 bits per heavy atom. The molecule has 29 heavy (non-hydrogen) atoms. The van der Waals surface area contributed by atoms with Gasteiger partial charge in [-0.2, -0.15) is 0 Å². The maximum absolute atomic E-state index is 12.7. The smallest absolute Gasteiger partial charge is 0.191 e. The number of benzene rings is 2. The third kappa shape index (κ3) is 6.94. The third-order valence-corrected chi connectivity index (χ3v) is 6.19. The van der Waals surface area contributed by atoms with Crippen molar-refractivity contribution in [1.82, 2.24) is 10.6 Å². The molecule has 2 aromatic rings. The highest BCUT2D eigenvalue weighted by Crippen LogP contribution is 2.17. The second-order valence-electron chi connectivity index (χ2n) is 6.48. The van der Waals surface area contributed by atoms with Crippen LogP contribution < -0.4 is 15.4 Å². The molecule has 6 nitrogen and oxygen atoms in total. The van der Waals surface area contributed by atoms with E-state index in [1.54, 1.807) is 43.5 Å². The molecule has 0 aromatic heterocycles. The Balaban J connectivity index is 2.01. The van der Waals surface area contributed by atoms with Crippen LogP contribution in [0.1, 0.15) is 18.9 Å². The van der Waals surface area contributed by atoms with E-state index in [4.69, 9.17) is 4.74 Å². The summed E-state index contributed by atoms with van der Waals surface area (Å²) in [6.45, 7) is 6.54.